The third-order valence-corrected chi connectivity index (χ3v) is 4.50. The molecule has 1 fully saturated rings. The lowest BCUT2D eigenvalue weighted by Crippen LogP contribution is -2.44. The molecule has 3 heteroatoms. The van der Waals surface area contributed by atoms with Crippen LogP contribution >= 0.6 is 0 Å². The molecule has 118 valence electrons. The second kappa shape index (κ2) is 7.81. The summed E-state index contributed by atoms with van der Waals surface area (Å²) in [7, 11) is 0. The predicted octanol–water partition coefficient (Wildman–Crippen LogP) is 3.13. The van der Waals surface area contributed by atoms with Gasteiger partial charge < -0.3 is 15.4 Å². The number of nitrogens with zero attached hydrogens (tertiary/aromatic N) is 1. The molecule has 2 atom stereocenters. The zero-order valence-electron chi connectivity index (χ0n) is 13.8. The molecular formula is C18H30N2O. The Bertz CT molecular complexity index is 427. The van der Waals surface area contributed by atoms with Crippen molar-refractivity contribution in [2.24, 2.45) is 11.7 Å². The lowest BCUT2D eigenvalue weighted by atomic mass is 9.93. The summed E-state index contributed by atoms with van der Waals surface area (Å²) < 4.78 is 5.90. The van der Waals surface area contributed by atoms with E-state index in [2.05, 4.69) is 43.9 Å². The maximum Gasteiger partial charge on any atom is 0.119 e. The molecule has 3 nitrogen and oxygen atoms in total. The minimum atomic E-state index is 0.682. The summed E-state index contributed by atoms with van der Waals surface area (Å²) in [4.78, 5) is 2.58. The molecule has 2 unspecified atom stereocenters. The van der Waals surface area contributed by atoms with Crippen molar-refractivity contribution < 1.29 is 4.74 Å². The molecule has 0 bridgehead atoms. The number of aryl methyl sites for hydroxylation is 2. The van der Waals surface area contributed by atoms with E-state index in [1.165, 1.54) is 24.0 Å². The van der Waals surface area contributed by atoms with Gasteiger partial charge in [0.2, 0.25) is 0 Å². The first kappa shape index (κ1) is 16.3. The molecule has 0 aliphatic carbocycles. The minimum Gasteiger partial charge on any atom is -0.494 e. The number of likely N-dealkylation sites (tertiary alicyclic amines) is 1. The average Bonchev–Trinajstić information content (AvgIpc) is 2.44. The third kappa shape index (κ3) is 5.01. The van der Waals surface area contributed by atoms with E-state index in [-0.39, 0.29) is 0 Å². The third-order valence-electron chi connectivity index (χ3n) is 4.50. The molecule has 1 heterocycles. The second-order valence-electron chi connectivity index (χ2n) is 6.55. The van der Waals surface area contributed by atoms with Gasteiger partial charge >= 0.3 is 0 Å². The number of rotatable bonds is 6. The van der Waals surface area contributed by atoms with Gasteiger partial charge in [-0.05, 0) is 75.8 Å². The number of piperidine rings is 1. The number of hydrogen-bond donors (Lipinski definition) is 1. The first-order valence-electron chi connectivity index (χ1n) is 8.23. The Labute approximate surface area is 129 Å². The molecule has 2 N–H and O–H groups in total. The SMILES string of the molecule is Cc1cc(C)cc(OCCCN2CC(CN)CCC2C)c1. The smallest absolute Gasteiger partial charge is 0.119 e. The van der Waals surface area contributed by atoms with Gasteiger partial charge in [0.25, 0.3) is 0 Å². The van der Waals surface area contributed by atoms with E-state index in [0.717, 1.165) is 38.4 Å². The van der Waals surface area contributed by atoms with Gasteiger partial charge in [0.15, 0.2) is 0 Å². The topological polar surface area (TPSA) is 38.5 Å². The summed E-state index contributed by atoms with van der Waals surface area (Å²) in [5.74, 6) is 1.68. The van der Waals surface area contributed by atoms with Gasteiger partial charge in [-0.15, -0.1) is 0 Å². The standard InChI is InChI=1S/C18H30N2O/c1-14-9-15(2)11-18(10-14)21-8-4-7-20-13-17(12-19)6-5-16(20)3/h9-11,16-17H,4-8,12-13,19H2,1-3H3. The predicted molar refractivity (Wildman–Crippen MR) is 88.8 cm³/mol. The molecule has 0 radical (unpaired) electrons. The van der Waals surface area contributed by atoms with Gasteiger partial charge in [-0.25, -0.2) is 0 Å². The highest BCUT2D eigenvalue weighted by atomic mass is 16.5. The van der Waals surface area contributed by atoms with E-state index < -0.39 is 0 Å². The summed E-state index contributed by atoms with van der Waals surface area (Å²) >= 11 is 0. The summed E-state index contributed by atoms with van der Waals surface area (Å²) in [6, 6.07) is 7.09. The minimum absolute atomic E-state index is 0.682. The van der Waals surface area contributed by atoms with Gasteiger partial charge in [0.05, 0.1) is 6.61 Å². The zero-order valence-corrected chi connectivity index (χ0v) is 13.8. The molecule has 1 aromatic rings. The maximum absolute atomic E-state index is 5.90. The highest BCUT2D eigenvalue weighted by Crippen LogP contribution is 2.21. The van der Waals surface area contributed by atoms with Crippen molar-refractivity contribution in [3.8, 4) is 5.75 Å². The van der Waals surface area contributed by atoms with Crippen molar-refractivity contribution >= 4 is 0 Å². The van der Waals surface area contributed by atoms with Gasteiger partial charge in [-0.2, -0.15) is 0 Å². The summed E-state index contributed by atoms with van der Waals surface area (Å²) in [6.07, 6.45) is 3.64. The Kier molecular flexibility index (Phi) is 6.07. The van der Waals surface area contributed by atoms with Crippen LogP contribution in [0, 0.1) is 19.8 Å². The Morgan fingerprint density at radius 1 is 1.19 bits per heavy atom. The molecule has 0 aromatic heterocycles. The summed E-state index contributed by atoms with van der Waals surface area (Å²) in [5, 5.41) is 0. The Morgan fingerprint density at radius 3 is 2.57 bits per heavy atom. The molecule has 1 aliphatic heterocycles. The van der Waals surface area contributed by atoms with Gasteiger partial charge in [0, 0.05) is 19.1 Å². The molecule has 21 heavy (non-hydrogen) atoms. The molecular weight excluding hydrogens is 260 g/mol. The van der Waals surface area contributed by atoms with Gasteiger partial charge in [-0.1, -0.05) is 6.07 Å². The van der Waals surface area contributed by atoms with E-state index in [1.54, 1.807) is 0 Å². The van der Waals surface area contributed by atoms with Crippen LogP contribution in [0.2, 0.25) is 0 Å². The average molecular weight is 290 g/mol. The zero-order chi connectivity index (χ0) is 15.2. The highest BCUT2D eigenvalue weighted by Gasteiger charge is 2.23. The molecule has 1 saturated heterocycles. The van der Waals surface area contributed by atoms with E-state index in [1.807, 2.05) is 0 Å². The van der Waals surface area contributed by atoms with Crippen molar-refractivity contribution in [3.63, 3.8) is 0 Å². The van der Waals surface area contributed by atoms with Crippen LogP contribution < -0.4 is 10.5 Å². The van der Waals surface area contributed by atoms with Crippen molar-refractivity contribution in [1.82, 2.24) is 4.90 Å². The van der Waals surface area contributed by atoms with Crippen LogP contribution in [-0.2, 0) is 0 Å². The number of ether oxygens (including phenoxy) is 1. The van der Waals surface area contributed by atoms with Crippen molar-refractivity contribution in [1.29, 1.82) is 0 Å². The summed E-state index contributed by atoms with van der Waals surface area (Å²) in [5.41, 5.74) is 8.35. The largest absolute Gasteiger partial charge is 0.494 e. The highest BCUT2D eigenvalue weighted by molar-refractivity contribution is 5.32. The van der Waals surface area contributed by atoms with Crippen LogP contribution in [0.4, 0.5) is 0 Å². The van der Waals surface area contributed by atoms with Crippen LogP contribution in [0.15, 0.2) is 18.2 Å². The maximum atomic E-state index is 5.90. The van der Waals surface area contributed by atoms with Crippen LogP contribution in [0.5, 0.6) is 5.75 Å². The fourth-order valence-electron chi connectivity index (χ4n) is 3.24. The fourth-order valence-corrected chi connectivity index (χ4v) is 3.24. The second-order valence-corrected chi connectivity index (χ2v) is 6.55. The van der Waals surface area contributed by atoms with Crippen molar-refractivity contribution in [2.45, 2.75) is 46.1 Å². The van der Waals surface area contributed by atoms with Crippen LogP contribution in [0.25, 0.3) is 0 Å². The monoisotopic (exact) mass is 290 g/mol. The molecule has 1 aromatic carbocycles. The molecule has 0 amide bonds. The first-order chi connectivity index (χ1) is 10.1. The van der Waals surface area contributed by atoms with E-state index >= 15 is 0 Å². The van der Waals surface area contributed by atoms with Crippen molar-refractivity contribution in [3.05, 3.63) is 29.3 Å². The lowest BCUT2D eigenvalue weighted by Gasteiger charge is -2.37. The number of hydrogen-bond acceptors (Lipinski definition) is 3. The quantitative estimate of drug-likeness (QED) is 0.818. The molecule has 2 rings (SSSR count). The van der Waals surface area contributed by atoms with Gasteiger partial charge in [-0.3, -0.25) is 0 Å². The van der Waals surface area contributed by atoms with Crippen LogP contribution in [-0.4, -0.2) is 37.2 Å². The Hall–Kier alpha value is -1.06. The van der Waals surface area contributed by atoms with E-state index in [0.29, 0.717) is 12.0 Å². The molecule has 0 saturated carbocycles. The van der Waals surface area contributed by atoms with Crippen molar-refractivity contribution in [2.75, 3.05) is 26.2 Å². The van der Waals surface area contributed by atoms with Crippen LogP contribution in [0.3, 0.4) is 0 Å². The van der Waals surface area contributed by atoms with Crippen LogP contribution in [0.1, 0.15) is 37.3 Å². The number of benzene rings is 1. The van der Waals surface area contributed by atoms with E-state index in [4.69, 9.17) is 10.5 Å². The normalized spacial score (nSPS) is 23.2. The fraction of sp³-hybridized carbons (Fsp3) is 0.667. The van der Waals surface area contributed by atoms with Gasteiger partial charge in [0.1, 0.15) is 5.75 Å². The molecule has 0 spiro atoms. The first-order valence-corrected chi connectivity index (χ1v) is 8.23. The lowest BCUT2D eigenvalue weighted by molar-refractivity contribution is 0.113. The number of nitrogens with two attached hydrogens (primary N) is 1. The Balaban J connectivity index is 1.73. The van der Waals surface area contributed by atoms with E-state index in [9.17, 15) is 0 Å². The summed E-state index contributed by atoms with van der Waals surface area (Å²) in [6.45, 7) is 10.4. The molecule has 1 aliphatic rings. The Morgan fingerprint density at radius 2 is 1.90 bits per heavy atom.